The number of carbonyl (C=O) groups excluding carboxylic acids is 1. The maximum Gasteiger partial charge on any atom is 0.224 e. The lowest BCUT2D eigenvalue weighted by Crippen LogP contribution is -2.18. The maximum atomic E-state index is 13.9. The van der Waals surface area contributed by atoms with Crippen LogP contribution in [0.15, 0.2) is 73.2 Å². The van der Waals surface area contributed by atoms with Crippen molar-refractivity contribution in [1.29, 1.82) is 0 Å². The van der Waals surface area contributed by atoms with Crippen LogP contribution in [0, 0.1) is 11.7 Å². The van der Waals surface area contributed by atoms with E-state index in [2.05, 4.69) is 30.5 Å². The molecule has 8 nitrogen and oxygen atoms in total. The van der Waals surface area contributed by atoms with Gasteiger partial charge in [0.05, 0.1) is 28.6 Å². The Hall–Kier alpha value is -4.92. The van der Waals surface area contributed by atoms with Gasteiger partial charge >= 0.3 is 0 Å². The molecule has 1 amide bonds. The fourth-order valence-electron chi connectivity index (χ4n) is 5.80. The van der Waals surface area contributed by atoms with Gasteiger partial charge in [0.1, 0.15) is 17.0 Å². The summed E-state index contributed by atoms with van der Waals surface area (Å²) >= 11 is 0. The number of rotatable bonds is 6. The molecule has 4 aromatic heterocycles. The second-order valence-corrected chi connectivity index (χ2v) is 10.7. The quantitative estimate of drug-likeness (QED) is 0.204. The number of hydrogen-bond donors (Lipinski definition) is 3. The minimum Gasteiger partial charge on any atom is -0.336 e. The number of aromatic nitrogens is 6. The van der Waals surface area contributed by atoms with E-state index in [1.54, 1.807) is 24.7 Å². The number of imidazole rings is 1. The van der Waals surface area contributed by atoms with E-state index >= 15 is 0 Å². The van der Waals surface area contributed by atoms with Gasteiger partial charge in [0.25, 0.3) is 0 Å². The molecule has 1 fully saturated rings. The van der Waals surface area contributed by atoms with Crippen molar-refractivity contribution in [3.05, 3.63) is 79.0 Å². The first kappa shape index (κ1) is 25.1. The number of aromatic amines is 2. The lowest BCUT2D eigenvalue weighted by Gasteiger charge is -2.20. The van der Waals surface area contributed by atoms with Crippen LogP contribution >= 0.6 is 0 Å². The van der Waals surface area contributed by atoms with Gasteiger partial charge in [-0.1, -0.05) is 37.5 Å². The van der Waals surface area contributed by atoms with E-state index in [9.17, 15) is 9.18 Å². The standard InChI is InChI=1S/C32H28FN7O/c33-23-8-4-7-21(14-23)29-31-27(11-12-35-29)37-32(38-31)30-25-16-20(9-10-26(25)39-40-30)22-15-24(18-34-17-22)36-28(41)13-19-5-2-1-3-6-19/h4,7-12,14-19H,1-3,5-6,13H2,(H,36,41)(H,37,38)(H,39,40). The van der Waals surface area contributed by atoms with E-state index < -0.39 is 0 Å². The second kappa shape index (κ2) is 10.6. The molecular weight excluding hydrogens is 517 g/mol. The van der Waals surface area contributed by atoms with Crippen molar-refractivity contribution in [2.75, 3.05) is 5.32 Å². The molecule has 2 aromatic carbocycles. The molecule has 3 N–H and O–H groups in total. The van der Waals surface area contributed by atoms with Crippen LogP contribution in [-0.4, -0.2) is 36.0 Å². The Morgan fingerprint density at radius 3 is 2.71 bits per heavy atom. The number of anilines is 1. The number of nitrogens with one attached hydrogen (secondary N) is 3. The first-order valence-electron chi connectivity index (χ1n) is 14.0. The summed E-state index contributed by atoms with van der Waals surface area (Å²) < 4.78 is 13.9. The highest BCUT2D eigenvalue weighted by Gasteiger charge is 2.19. The summed E-state index contributed by atoms with van der Waals surface area (Å²) in [7, 11) is 0. The van der Waals surface area contributed by atoms with Gasteiger partial charge in [-0.15, -0.1) is 0 Å². The van der Waals surface area contributed by atoms with Gasteiger partial charge in [0, 0.05) is 35.3 Å². The van der Waals surface area contributed by atoms with Crippen molar-refractivity contribution >= 4 is 33.5 Å². The summed E-state index contributed by atoms with van der Waals surface area (Å²) in [5, 5.41) is 11.6. The zero-order chi connectivity index (χ0) is 27.8. The van der Waals surface area contributed by atoms with Gasteiger partial charge in [-0.2, -0.15) is 5.10 Å². The number of H-pyrrole nitrogens is 2. The molecule has 1 aliphatic carbocycles. The number of amides is 1. The number of hydrogen-bond acceptors (Lipinski definition) is 5. The van der Waals surface area contributed by atoms with Crippen LogP contribution in [0.4, 0.5) is 10.1 Å². The lowest BCUT2D eigenvalue weighted by molar-refractivity contribution is -0.117. The Morgan fingerprint density at radius 1 is 0.927 bits per heavy atom. The van der Waals surface area contributed by atoms with Crippen LogP contribution in [0.1, 0.15) is 38.5 Å². The largest absolute Gasteiger partial charge is 0.336 e. The highest BCUT2D eigenvalue weighted by atomic mass is 19.1. The Balaban J connectivity index is 1.19. The number of carbonyl (C=O) groups is 1. The third kappa shape index (κ3) is 5.06. The van der Waals surface area contributed by atoms with Crippen molar-refractivity contribution in [1.82, 2.24) is 30.1 Å². The van der Waals surface area contributed by atoms with E-state index in [0.29, 0.717) is 46.3 Å². The number of fused-ring (bicyclic) bond motifs is 2. The first-order valence-corrected chi connectivity index (χ1v) is 14.0. The van der Waals surface area contributed by atoms with Gasteiger partial charge in [-0.3, -0.25) is 19.9 Å². The van der Waals surface area contributed by atoms with E-state index in [4.69, 9.17) is 4.98 Å². The van der Waals surface area contributed by atoms with E-state index in [-0.39, 0.29) is 11.7 Å². The minimum atomic E-state index is -0.328. The summed E-state index contributed by atoms with van der Waals surface area (Å²) in [6.07, 6.45) is 11.7. The molecule has 0 spiro atoms. The predicted molar refractivity (Wildman–Crippen MR) is 157 cm³/mol. The molecule has 7 rings (SSSR count). The number of halogens is 1. The summed E-state index contributed by atoms with van der Waals surface area (Å²) in [6.45, 7) is 0. The second-order valence-electron chi connectivity index (χ2n) is 10.7. The topological polar surface area (TPSA) is 112 Å². The molecule has 0 unspecified atom stereocenters. The van der Waals surface area contributed by atoms with Crippen LogP contribution in [0.3, 0.4) is 0 Å². The van der Waals surface area contributed by atoms with Gasteiger partial charge in [-0.25, -0.2) is 9.37 Å². The molecule has 204 valence electrons. The zero-order valence-electron chi connectivity index (χ0n) is 22.3. The summed E-state index contributed by atoms with van der Waals surface area (Å²) in [5.41, 5.74) is 6.70. The van der Waals surface area contributed by atoms with Crippen LogP contribution in [-0.2, 0) is 4.79 Å². The van der Waals surface area contributed by atoms with E-state index in [1.807, 2.05) is 36.4 Å². The van der Waals surface area contributed by atoms with Crippen molar-refractivity contribution in [3.8, 4) is 33.9 Å². The fraction of sp³-hybridized carbons (Fsp3) is 0.219. The van der Waals surface area contributed by atoms with E-state index in [1.165, 1.54) is 31.4 Å². The van der Waals surface area contributed by atoms with Gasteiger partial charge in [0.15, 0.2) is 5.82 Å². The Bertz CT molecular complexity index is 1890. The molecule has 0 aliphatic heterocycles. The molecule has 1 saturated carbocycles. The van der Waals surface area contributed by atoms with Crippen LogP contribution in [0.2, 0.25) is 0 Å². The van der Waals surface area contributed by atoms with Gasteiger partial charge < -0.3 is 10.3 Å². The number of nitrogens with zero attached hydrogens (tertiary/aromatic N) is 4. The van der Waals surface area contributed by atoms with Gasteiger partial charge in [-0.05, 0) is 60.7 Å². The zero-order valence-corrected chi connectivity index (χ0v) is 22.3. The Morgan fingerprint density at radius 2 is 1.83 bits per heavy atom. The average Bonchev–Trinajstić information content (AvgIpc) is 3.61. The molecule has 6 aromatic rings. The fourth-order valence-corrected chi connectivity index (χ4v) is 5.80. The van der Waals surface area contributed by atoms with Crippen LogP contribution in [0.25, 0.3) is 55.8 Å². The summed E-state index contributed by atoms with van der Waals surface area (Å²) in [6, 6.07) is 16.1. The molecule has 41 heavy (non-hydrogen) atoms. The molecule has 0 atom stereocenters. The highest BCUT2D eigenvalue weighted by molar-refractivity contribution is 5.98. The smallest absolute Gasteiger partial charge is 0.224 e. The number of benzene rings is 2. The third-order valence-corrected chi connectivity index (χ3v) is 7.84. The lowest BCUT2D eigenvalue weighted by atomic mass is 9.87. The SMILES string of the molecule is O=C(CC1CCCCC1)Nc1cncc(-c2ccc3[nH]nc(-c4nc5c(-c6cccc(F)c6)nccc5[nH]4)c3c2)c1. The molecular formula is C32H28FN7O. The average molecular weight is 546 g/mol. The molecule has 0 bridgehead atoms. The molecule has 0 radical (unpaired) electrons. The molecule has 1 aliphatic rings. The Kier molecular flexibility index (Phi) is 6.47. The highest BCUT2D eigenvalue weighted by Crippen LogP contribution is 2.33. The Labute approximate surface area is 235 Å². The van der Waals surface area contributed by atoms with Crippen LogP contribution in [0.5, 0.6) is 0 Å². The van der Waals surface area contributed by atoms with Crippen molar-refractivity contribution in [2.24, 2.45) is 5.92 Å². The first-order chi connectivity index (χ1) is 20.1. The van der Waals surface area contributed by atoms with Crippen molar-refractivity contribution in [2.45, 2.75) is 38.5 Å². The van der Waals surface area contributed by atoms with Crippen molar-refractivity contribution in [3.63, 3.8) is 0 Å². The predicted octanol–water partition coefficient (Wildman–Crippen LogP) is 7.28. The molecule has 0 saturated heterocycles. The van der Waals surface area contributed by atoms with Gasteiger partial charge in [0.2, 0.25) is 5.91 Å². The molecule has 4 heterocycles. The maximum absolute atomic E-state index is 13.9. The minimum absolute atomic E-state index is 0.0420. The monoisotopic (exact) mass is 545 g/mol. The summed E-state index contributed by atoms with van der Waals surface area (Å²) in [4.78, 5) is 29.7. The van der Waals surface area contributed by atoms with Crippen molar-refractivity contribution < 1.29 is 9.18 Å². The molecule has 9 heteroatoms. The van der Waals surface area contributed by atoms with Crippen LogP contribution < -0.4 is 5.32 Å². The van der Waals surface area contributed by atoms with E-state index in [0.717, 1.165) is 40.4 Å². The summed E-state index contributed by atoms with van der Waals surface area (Å²) in [5.74, 6) is 0.766. The normalized spacial score (nSPS) is 14.1. The third-order valence-electron chi connectivity index (χ3n) is 7.84. The number of pyridine rings is 2.